The Morgan fingerprint density at radius 2 is 1.88 bits per heavy atom. The van der Waals surface area contributed by atoms with Crippen molar-refractivity contribution in [1.29, 1.82) is 0 Å². The first-order chi connectivity index (χ1) is 7.63. The summed E-state index contributed by atoms with van der Waals surface area (Å²) in [7, 11) is 1.75. The van der Waals surface area contributed by atoms with E-state index in [0.29, 0.717) is 26.2 Å². The van der Waals surface area contributed by atoms with Crippen LogP contribution in [0.5, 0.6) is 0 Å². The number of nitrogens with one attached hydrogen (secondary N) is 1. The van der Waals surface area contributed by atoms with Gasteiger partial charge in [-0.15, -0.1) is 0 Å². The molecule has 2 N–H and O–H groups in total. The third-order valence-corrected chi connectivity index (χ3v) is 2.69. The molecule has 0 aromatic heterocycles. The second-order valence-corrected chi connectivity index (χ2v) is 3.90. The summed E-state index contributed by atoms with van der Waals surface area (Å²) < 4.78 is 0. The molecule has 0 aliphatic carbocycles. The molecule has 1 aliphatic heterocycles. The standard InChI is InChI=1S/C10H19N3O3/c1-11-8-9(14)13-6-4-12(5-7-13)3-2-10(15)16/h11H,2-8H2,1H3,(H,15,16). The Morgan fingerprint density at radius 1 is 1.25 bits per heavy atom. The zero-order valence-electron chi connectivity index (χ0n) is 9.61. The topological polar surface area (TPSA) is 72.9 Å². The minimum Gasteiger partial charge on any atom is -0.481 e. The van der Waals surface area contributed by atoms with Gasteiger partial charge in [-0.1, -0.05) is 0 Å². The monoisotopic (exact) mass is 229 g/mol. The van der Waals surface area contributed by atoms with E-state index < -0.39 is 5.97 Å². The maximum atomic E-state index is 11.5. The van der Waals surface area contributed by atoms with Crippen LogP contribution in [0.4, 0.5) is 0 Å². The maximum Gasteiger partial charge on any atom is 0.304 e. The van der Waals surface area contributed by atoms with Gasteiger partial charge >= 0.3 is 5.97 Å². The van der Waals surface area contributed by atoms with Crippen LogP contribution in [-0.4, -0.2) is 73.1 Å². The van der Waals surface area contributed by atoms with Gasteiger partial charge in [-0.05, 0) is 7.05 Å². The van der Waals surface area contributed by atoms with Gasteiger partial charge in [0, 0.05) is 32.7 Å². The van der Waals surface area contributed by atoms with E-state index in [0.717, 1.165) is 13.1 Å². The quantitative estimate of drug-likeness (QED) is 0.621. The van der Waals surface area contributed by atoms with Gasteiger partial charge in [0.1, 0.15) is 0 Å². The number of amides is 1. The molecule has 0 bridgehead atoms. The minimum atomic E-state index is -0.770. The average molecular weight is 229 g/mol. The molecule has 0 aromatic rings. The summed E-state index contributed by atoms with van der Waals surface area (Å²) in [5.74, 6) is -0.658. The highest BCUT2D eigenvalue weighted by Crippen LogP contribution is 2.02. The van der Waals surface area contributed by atoms with Crippen molar-refractivity contribution in [2.45, 2.75) is 6.42 Å². The van der Waals surface area contributed by atoms with Gasteiger partial charge in [0.15, 0.2) is 0 Å². The number of carbonyl (C=O) groups excluding carboxylic acids is 1. The van der Waals surface area contributed by atoms with Crippen LogP contribution >= 0.6 is 0 Å². The van der Waals surface area contributed by atoms with Crippen LogP contribution in [0.25, 0.3) is 0 Å². The number of carbonyl (C=O) groups is 2. The first kappa shape index (κ1) is 12.9. The van der Waals surface area contributed by atoms with Crippen LogP contribution in [0, 0.1) is 0 Å². The van der Waals surface area contributed by atoms with Crippen molar-refractivity contribution in [2.75, 3.05) is 46.3 Å². The Hall–Kier alpha value is -1.14. The Morgan fingerprint density at radius 3 is 2.38 bits per heavy atom. The zero-order valence-corrected chi connectivity index (χ0v) is 9.61. The molecule has 6 heteroatoms. The zero-order chi connectivity index (χ0) is 12.0. The molecule has 92 valence electrons. The van der Waals surface area contributed by atoms with Gasteiger partial charge in [0.2, 0.25) is 5.91 Å². The average Bonchev–Trinajstić information content (AvgIpc) is 2.27. The molecule has 1 saturated heterocycles. The highest BCUT2D eigenvalue weighted by molar-refractivity contribution is 5.78. The van der Waals surface area contributed by atoms with Gasteiger partial charge in [-0.2, -0.15) is 0 Å². The second-order valence-electron chi connectivity index (χ2n) is 3.90. The van der Waals surface area contributed by atoms with E-state index in [9.17, 15) is 9.59 Å². The first-order valence-electron chi connectivity index (χ1n) is 5.50. The van der Waals surface area contributed by atoms with Crippen molar-refractivity contribution < 1.29 is 14.7 Å². The number of hydrogen-bond acceptors (Lipinski definition) is 4. The van der Waals surface area contributed by atoms with Crippen molar-refractivity contribution in [2.24, 2.45) is 0 Å². The molecule has 0 unspecified atom stereocenters. The number of carboxylic acid groups (broad SMARTS) is 1. The Labute approximate surface area is 95.2 Å². The number of hydrogen-bond donors (Lipinski definition) is 2. The van der Waals surface area contributed by atoms with E-state index in [1.54, 1.807) is 7.05 Å². The summed E-state index contributed by atoms with van der Waals surface area (Å²) in [5, 5.41) is 11.4. The van der Waals surface area contributed by atoms with Crippen molar-refractivity contribution in [1.82, 2.24) is 15.1 Å². The number of nitrogens with zero attached hydrogens (tertiary/aromatic N) is 2. The normalized spacial score (nSPS) is 17.4. The predicted octanol–water partition coefficient (Wildman–Crippen LogP) is -1.18. The SMILES string of the molecule is CNCC(=O)N1CCN(CCC(=O)O)CC1. The smallest absolute Gasteiger partial charge is 0.304 e. The molecule has 0 spiro atoms. The molecule has 16 heavy (non-hydrogen) atoms. The highest BCUT2D eigenvalue weighted by Gasteiger charge is 2.20. The van der Waals surface area contributed by atoms with Crippen molar-refractivity contribution in [3.05, 3.63) is 0 Å². The van der Waals surface area contributed by atoms with E-state index in [4.69, 9.17) is 5.11 Å². The molecule has 1 rings (SSSR count). The molecule has 1 fully saturated rings. The lowest BCUT2D eigenvalue weighted by molar-refractivity contribution is -0.138. The number of rotatable bonds is 5. The van der Waals surface area contributed by atoms with Gasteiger partial charge in [0.05, 0.1) is 13.0 Å². The number of likely N-dealkylation sites (N-methyl/N-ethyl adjacent to an activating group) is 1. The predicted molar refractivity (Wildman–Crippen MR) is 59.2 cm³/mol. The molecule has 6 nitrogen and oxygen atoms in total. The van der Waals surface area contributed by atoms with Crippen LogP contribution in [0.1, 0.15) is 6.42 Å². The summed E-state index contributed by atoms with van der Waals surface area (Å²) in [4.78, 5) is 25.8. The summed E-state index contributed by atoms with van der Waals surface area (Å²) in [6.45, 7) is 3.87. The van der Waals surface area contributed by atoms with Crippen molar-refractivity contribution in [3.8, 4) is 0 Å². The van der Waals surface area contributed by atoms with E-state index in [1.807, 2.05) is 4.90 Å². The van der Waals surface area contributed by atoms with Gasteiger partial charge in [0.25, 0.3) is 0 Å². The molecule has 1 amide bonds. The summed E-state index contributed by atoms with van der Waals surface area (Å²) in [6, 6.07) is 0. The van der Waals surface area contributed by atoms with Crippen LogP contribution < -0.4 is 5.32 Å². The van der Waals surface area contributed by atoms with Crippen LogP contribution in [0.2, 0.25) is 0 Å². The van der Waals surface area contributed by atoms with Crippen molar-refractivity contribution in [3.63, 3.8) is 0 Å². The van der Waals surface area contributed by atoms with Gasteiger partial charge < -0.3 is 15.3 Å². The lowest BCUT2D eigenvalue weighted by Gasteiger charge is -2.34. The molecule has 0 atom stereocenters. The van der Waals surface area contributed by atoms with Crippen LogP contribution in [0.15, 0.2) is 0 Å². The van der Waals surface area contributed by atoms with Crippen LogP contribution in [0.3, 0.4) is 0 Å². The Balaban J connectivity index is 2.23. The fourth-order valence-corrected chi connectivity index (χ4v) is 1.74. The van der Waals surface area contributed by atoms with E-state index in [-0.39, 0.29) is 12.3 Å². The van der Waals surface area contributed by atoms with Crippen molar-refractivity contribution >= 4 is 11.9 Å². The van der Waals surface area contributed by atoms with Gasteiger partial charge in [-0.3, -0.25) is 14.5 Å². The number of carboxylic acids is 1. The Bertz CT molecular complexity index is 250. The second kappa shape index (κ2) is 6.44. The molecule has 1 aliphatic rings. The molecule has 0 aromatic carbocycles. The highest BCUT2D eigenvalue weighted by atomic mass is 16.4. The molecule has 1 heterocycles. The fourth-order valence-electron chi connectivity index (χ4n) is 1.74. The Kier molecular flexibility index (Phi) is 5.21. The summed E-state index contributed by atoms with van der Waals surface area (Å²) in [6.07, 6.45) is 0.171. The lowest BCUT2D eigenvalue weighted by atomic mass is 10.3. The molecular formula is C10H19N3O3. The summed E-state index contributed by atoms with van der Waals surface area (Å²) in [5.41, 5.74) is 0. The molecule has 0 radical (unpaired) electrons. The third kappa shape index (κ3) is 4.16. The number of piperazine rings is 1. The number of aliphatic carboxylic acids is 1. The van der Waals surface area contributed by atoms with Crippen LogP contribution in [-0.2, 0) is 9.59 Å². The van der Waals surface area contributed by atoms with E-state index in [2.05, 4.69) is 10.2 Å². The largest absolute Gasteiger partial charge is 0.481 e. The third-order valence-electron chi connectivity index (χ3n) is 2.69. The lowest BCUT2D eigenvalue weighted by Crippen LogP contribution is -2.50. The van der Waals surface area contributed by atoms with E-state index >= 15 is 0 Å². The first-order valence-corrected chi connectivity index (χ1v) is 5.50. The van der Waals surface area contributed by atoms with E-state index in [1.165, 1.54) is 0 Å². The van der Waals surface area contributed by atoms with Gasteiger partial charge in [-0.25, -0.2) is 0 Å². The fraction of sp³-hybridized carbons (Fsp3) is 0.800. The summed E-state index contributed by atoms with van der Waals surface area (Å²) >= 11 is 0. The maximum absolute atomic E-state index is 11.5. The minimum absolute atomic E-state index is 0.111. The molecule has 0 saturated carbocycles. The molecular weight excluding hydrogens is 210 g/mol.